The van der Waals surface area contributed by atoms with Crippen molar-refractivity contribution in [2.45, 2.75) is 0 Å². The highest BCUT2D eigenvalue weighted by Crippen LogP contribution is 1.64. The molecule has 0 spiro atoms. The Bertz CT molecular complexity index is 76.9. The average Bonchev–Trinajstić information content (AvgIpc) is 1.35. The summed E-state index contributed by atoms with van der Waals surface area (Å²) in [5.74, 6) is 0. The molecule has 0 aromatic carbocycles. The van der Waals surface area contributed by atoms with Gasteiger partial charge in [0.05, 0.1) is 4.92 Å². The fourth-order valence-electron chi connectivity index (χ4n) is 0.0544. The predicted octanol–water partition coefficient (Wildman–Crippen LogP) is 0.292. The molecule has 0 rings (SSSR count). The number of hydrogen-bond donors (Lipinski definition) is 1. The molecule has 6 heavy (non-hydrogen) atoms. The molecule has 0 aliphatic carbocycles. The van der Waals surface area contributed by atoms with Crippen LogP contribution >= 0.6 is 0 Å². The van der Waals surface area contributed by atoms with Gasteiger partial charge in [-0.3, -0.25) is 10.1 Å². The SMILES string of the molecule is O=[N+]([O-])/C=C/O. The van der Waals surface area contributed by atoms with Crippen LogP contribution in [0.1, 0.15) is 0 Å². The summed E-state index contributed by atoms with van der Waals surface area (Å²) in [5, 5.41) is 16.8. The van der Waals surface area contributed by atoms with Gasteiger partial charge in [0.25, 0.3) is 6.20 Å². The Morgan fingerprint density at radius 3 is 2.33 bits per heavy atom. The maximum atomic E-state index is 9.16. The maximum Gasteiger partial charge on any atom is 0.268 e. The highest BCUT2D eigenvalue weighted by atomic mass is 16.6. The molecule has 0 heterocycles. The third-order valence-electron chi connectivity index (χ3n) is 0.188. The lowest BCUT2D eigenvalue weighted by atomic mass is 11.0. The minimum atomic E-state index is -0.750. The quantitative estimate of drug-likeness (QED) is 0.285. The number of aliphatic hydroxyl groups is 1. The second kappa shape index (κ2) is 2.19. The monoisotopic (exact) mass is 89.0 g/mol. The molecule has 4 heteroatoms. The molecule has 0 aromatic heterocycles. The molecule has 0 fully saturated rings. The summed E-state index contributed by atoms with van der Waals surface area (Å²) < 4.78 is 0. The molecule has 1 N–H and O–H groups in total. The van der Waals surface area contributed by atoms with Gasteiger partial charge in [0.15, 0.2) is 0 Å². The van der Waals surface area contributed by atoms with Gasteiger partial charge in [0.2, 0.25) is 0 Å². The van der Waals surface area contributed by atoms with E-state index in [1.165, 1.54) is 0 Å². The van der Waals surface area contributed by atoms with Gasteiger partial charge in [-0.2, -0.15) is 0 Å². The van der Waals surface area contributed by atoms with Crippen molar-refractivity contribution >= 4 is 0 Å². The zero-order valence-corrected chi connectivity index (χ0v) is 2.87. The standard InChI is InChI=1S/C2H3NO3/c4-2-1-3(5)6/h1-2,4H/b2-1+. The van der Waals surface area contributed by atoms with Crippen molar-refractivity contribution in [3.8, 4) is 0 Å². The van der Waals surface area contributed by atoms with Gasteiger partial charge >= 0.3 is 0 Å². The first-order valence-corrected chi connectivity index (χ1v) is 1.21. The van der Waals surface area contributed by atoms with Crippen LogP contribution in [0, 0.1) is 10.1 Å². The van der Waals surface area contributed by atoms with Crippen molar-refractivity contribution in [1.82, 2.24) is 0 Å². The minimum Gasteiger partial charge on any atom is -0.509 e. The Hall–Kier alpha value is -1.06. The van der Waals surface area contributed by atoms with E-state index in [4.69, 9.17) is 15.2 Å². The smallest absolute Gasteiger partial charge is 0.268 e. The van der Waals surface area contributed by atoms with Gasteiger partial charge < -0.3 is 5.11 Å². The average molecular weight is 89.0 g/mol. The zero-order chi connectivity index (χ0) is 4.99. The van der Waals surface area contributed by atoms with Crippen LogP contribution in [0.25, 0.3) is 0 Å². The van der Waals surface area contributed by atoms with E-state index in [1.807, 2.05) is 0 Å². The predicted molar refractivity (Wildman–Crippen MR) is 18.8 cm³/mol. The van der Waals surface area contributed by atoms with Crippen LogP contribution in [-0.2, 0) is 0 Å². The molecule has 0 saturated heterocycles. The molecular formula is C2H3NO3. The van der Waals surface area contributed by atoms with Crippen molar-refractivity contribution in [3.05, 3.63) is 22.6 Å². The first-order valence-electron chi connectivity index (χ1n) is 1.21. The molecule has 0 amide bonds. The first kappa shape index (κ1) is 4.94. The van der Waals surface area contributed by atoms with Crippen molar-refractivity contribution in [2.75, 3.05) is 0 Å². The molecule has 0 unspecified atom stereocenters. The number of nitrogens with zero attached hydrogens (tertiary/aromatic N) is 1. The molecule has 34 valence electrons. The summed E-state index contributed by atoms with van der Waals surface area (Å²) in [5.41, 5.74) is 0. The first-order chi connectivity index (χ1) is 2.77. The van der Waals surface area contributed by atoms with Crippen LogP contribution in [0.5, 0.6) is 0 Å². The number of nitro groups is 1. The second-order valence-corrected chi connectivity index (χ2v) is 0.583. The Balaban J connectivity index is 3.30. The summed E-state index contributed by atoms with van der Waals surface area (Å²) in [7, 11) is 0. The number of aliphatic hydroxyl groups excluding tert-OH is 1. The summed E-state index contributed by atoms with van der Waals surface area (Å²) in [6, 6.07) is 0. The lowest BCUT2D eigenvalue weighted by Gasteiger charge is -1.68. The van der Waals surface area contributed by atoms with Gasteiger partial charge in [0.1, 0.15) is 6.26 Å². The Morgan fingerprint density at radius 1 is 1.83 bits per heavy atom. The highest BCUT2D eigenvalue weighted by molar-refractivity contribution is 4.53. The summed E-state index contributed by atoms with van der Waals surface area (Å²) in [4.78, 5) is 8.41. The summed E-state index contributed by atoms with van der Waals surface area (Å²) in [6.45, 7) is 0. The Labute approximate surface area is 33.9 Å². The third kappa shape index (κ3) is 2.94. The van der Waals surface area contributed by atoms with Crippen LogP contribution in [-0.4, -0.2) is 10.0 Å². The van der Waals surface area contributed by atoms with Crippen LogP contribution in [0.15, 0.2) is 12.5 Å². The summed E-state index contributed by atoms with van der Waals surface area (Å²) >= 11 is 0. The van der Waals surface area contributed by atoms with Crippen LogP contribution in [0.3, 0.4) is 0 Å². The van der Waals surface area contributed by atoms with E-state index < -0.39 is 4.92 Å². The van der Waals surface area contributed by atoms with E-state index in [0.717, 1.165) is 0 Å². The fraction of sp³-hybridized carbons (Fsp3) is 0. The van der Waals surface area contributed by atoms with Gasteiger partial charge in [-0.25, -0.2) is 0 Å². The van der Waals surface area contributed by atoms with E-state index >= 15 is 0 Å². The molecule has 0 saturated carbocycles. The molecule has 0 aromatic rings. The van der Waals surface area contributed by atoms with E-state index in [2.05, 4.69) is 0 Å². The van der Waals surface area contributed by atoms with Crippen molar-refractivity contribution in [1.29, 1.82) is 0 Å². The normalized spacial score (nSPS) is 9.33. The maximum absolute atomic E-state index is 9.16. The fourth-order valence-corrected chi connectivity index (χ4v) is 0.0544. The lowest BCUT2D eigenvalue weighted by molar-refractivity contribution is -0.403. The van der Waals surface area contributed by atoms with Crippen molar-refractivity contribution in [3.63, 3.8) is 0 Å². The molecular weight excluding hydrogens is 86.0 g/mol. The minimum absolute atomic E-state index is 0.375. The number of hydrogen-bond acceptors (Lipinski definition) is 3. The Kier molecular flexibility index (Phi) is 1.81. The highest BCUT2D eigenvalue weighted by Gasteiger charge is 1.75. The third-order valence-corrected chi connectivity index (χ3v) is 0.188. The van der Waals surface area contributed by atoms with Gasteiger partial charge in [-0.1, -0.05) is 0 Å². The molecule has 0 atom stereocenters. The van der Waals surface area contributed by atoms with E-state index in [0.29, 0.717) is 12.5 Å². The van der Waals surface area contributed by atoms with E-state index in [9.17, 15) is 0 Å². The molecule has 0 aliphatic rings. The van der Waals surface area contributed by atoms with E-state index in [-0.39, 0.29) is 0 Å². The van der Waals surface area contributed by atoms with Crippen molar-refractivity contribution in [2.24, 2.45) is 0 Å². The van der Waals surface area contributed by atoms with Crippen LogP contribution in [0.2, 0.25) is 0 Å². The zero-order valence-electron chi connectivity index (χ0n) is 2.87. The molecule has 0 aliphatic heterocycles. The molecule has 4 nitrogen and oxygen atoms in total. The number of rotatable bonds is 1. The topological polar surface area (TPSA) is 63.4 Å². The largest absolute Gasteiger partial charge is 0.509 e. The lowest BCUT2D eigenvalue weighted by Crippen LogP contribution is -1.80. The van der Waals surface area contributed by atoms with Gasteiger partial charge in [0, 0.05) is 0 Å². The van der Waals surface area contributed by atoms with Crippen LogP contribution in [0.4, 0.5) is 0 Å². The van der Waals surface area contributed by atoms with E-state index in [1.54, 1.807) is 0 Å². The van der Waals surface area contributed by atoms with Crippen LogP contribution < -0.4 is 0 Å². The second-order valence-electron chi connectivity index (χ2n) is 0.583. The van der Waals surface area contributed by atoms with Gasteiger partial charge in [-0.05, 0) is 0 Å². The summed E-state index contributed by atoms with van der Waals surface area (Å²) in [6.07, 6.45) is 0.819. The van der Waals surface area contributed by atoms with Crippen molar-refractivity contribution < 1.29 is 10.0 Å². The molecule has 0 bridgehead atoms. The molecule has 0 radical (unpaired) electrons. The Morgan fingerprint density at radius 2 is 2.33 bits per heavy atom. The van der Waals surface area contributed by atoms with Gasteiger partial charge in [-0.15, -0.1) is 0 Å².